The third-order valence-corrected chi connectivity index (χ3v) is 4.13. The first-order valence-electron chi connectivity index (χ1n) is 8.29. The smallest absolute Gasteiger partial charge is 0.285 e. The molecule has 1 atom stereocenters. The molecule has 0 radical (unpaired) electrons. The van der Waals surface area contributed by atoms with Crippen molar-refractivity contribution in [2.45, 2.75) is 70.7 Å². The second-order valence-electron chi connectivity index (χ2n) is 5.57. The number of ether oxygens (including phenoxy) is 3. The average molecular weight is 304 g/mol. The Morgan fingerprint density at radius 2 is 1.38 bits per heavy atom. The van der Waals surface area contributed by atoms with E-state index in [4.69, 9.17) is 20.1 Å². The molecule has 128 valence electrons. The van der Waals surface area contributed by atoms with Crippen molar-refractivity contribution in [1.82, 2.24) is 5.43 Å². The van der Waals surface area contributed by atoms with Gasteiger partial charge in [0.05, 0.1) is 0 Å². The van der Waals surface area contributed by atoms with Gasteiger partial charge in [-0.25, -0.2) is 0 Å². The average Bonchev–Trinajstić information content (AvgIpc) is 2.52. The molecule has 3 N–H and O–H groups in total. The number of methoxy groups -OCH3 is 3. The first-order chi connectivity index (χ1) is 10.2. The summed E-state index contributed by atoms with van der Waals surface area (Å²) in [5, 5.41) is 0. The Balaban J connectivity index is 4.30. The fourth-order valence-corrected chi connectivity index (χ4v) is 2.87. The van der Waals surface area contributed by atoms with Gasteiger partial charge in [-0.1, -0.05) is 45.4 Å². The molecule has 0 amide bonds. The molecule has 0 aromatic carbocycles. The van der Waals surface area contributed by atoms with E-state index in [-0.39, 0.29) is 5.92 Å². The van der Waals surface area contributed by atoms with Crippen LogP contribution in [-0.4, -0.2) is 33.8 Å². The first-order valence-corrected chi connectivity index (χ1v) is 8.29. The normalized spacial score (nSPS) is 13.6. The van der Waals surface area contributed by atoms with E-state index in [1.165, 1.54) is 38.5 Å². The van der Waals surface area contributed by atoms with Crippen LogP contribution in [0.4, 0.5) is 0 Å². The van der Waals surface area contributed by atoms with Crippen LogP contribution in [0.5, 0.6) is 0 Å². The second-order valence-corrected chi connectivity index (χ2v) is 5.57. The van der Waals surface area contributed by atoms with Crippen LogP contribution in [0, 0.1) is 5.92 Å². The van der Waals surface area contributed by atoms with Gasteiger partial charge >= 0.3 is 0 Å². The summed E-state index contributed by atoms with van der Waals surface area (Å²) >= 11 is 0. The third kappa shape index (κ3) is 8.12. The van der Waals surface area contributed by atoms with E-state index in [2.05, 4.69) is 12.3 Å². The molecule has 0 heterocycles. The van der Waals surface area contributed by atoms with Gasteiger partial charge in [-0.2, -0.15) is 0 Å². The molecule has 0 bridgehead atoms. The summed E-state index contributed by atoms with van der Waals surface area (Å²) in [6, 6.07) is 0. The topological polar surface area (TPSA) is 65.7 Å². The fraction of sp³-hybridized carbons (Fsp3) is 1.00. The molecular weight excluding hydrogens is 268 g/mol. The minimum absolute atomic E-state index is 0.219. The summed E-state index contributed by atoms with van der Waals surface area (Å²) in [6.07, 6.45) is 10.7. The van der Waals surface area contributed by atoms with Crippen LogP contribution in [0.1, 0.15) is 64.7 Å². The van der Waals surface area contributed by atoms with Gasteiger partial charge in [0, 0.05) is 33.8 Å². The Morgan fingerprint density at radius 1 is 0.857 bits per heavy atom. The Hall–Kier alpha value is -0.200. The lowest BCUT2D eigenvalue weighted by Gasteiger charge is -2.36. The van der Waals surface area contributed by atoms with Crippen molar-refractivity contribution < 1.29 is 14.2 Å². The summed E-state index contributed by atoms with van der Waals surface area (Å²) in [5.74, 6) is 4.63. The fourth-order valence-electron chi connectivity index (χ4n) is 2.87. The molecule has 0 aromatic heterocycles. The van der Waals surface area contributed by atoms with Gasteiger partial charge in [-0.15, -0.1) is 0 Å². The highest BCUT2D eigenvalue weighted by Crippen LogP contribution is 2.32. The number of nitrogens with two attached hydrogens (primary N) is 1. The Kier molecular flexibility index (Phi) is 13.3. The van der Waals surface area contributed by atoms with Gasteiger partial charge in [0.1, 0.15) is 0 Å². The lowest BCUT2D eigenvalue weighted by molar-refractivity contribution is -0.380. The maximum Gasteiger partial charge on any atom is 0.285 e. The van der Waals surface area contributed by atoms with Gasteiger partial charge in [-0.05, 0) is 19.3 Å². The highest BCUT2D eigenvalue weighted by molar-refractivity contribution is 4.72. The predicted octanol–water partition coefficient (Wildman–Crippen LogP) is 3.19. The molecule has 0 aromatic rings. The van der Waals surface area contributed by atoms with Gasteiger partial charge in [0.25, 0.3) is 5.97 Å². The van der Waals surface area contributed by atoms with Crippen molar-refractivity contribution >= 4 is 0 Å². The molecule has 0 rings (SSSR count). The molecule has 0 spiro atoms. The first kappa shape index (κ1) is 20.8. The highest BCUT2D eigenvalue weighted by atomic mass is 16.9. The van der Waals surface area contributed by atoms with E-state index in [1.807, 2.05) is 0 Å². The quantitative estimate of drug-likeness (QED) is 0.210. The van der Waals surface area contributed by atoms with Crippen molar-refractivity contribution in [1.29, 1.82) is 0 Å². The number of hydrogen-bond acceptors (Lipinski definition) is 5. The lowest BCUT2D eigenvalue weighted by atomic mass is 9.93. The summed E-state index contributed by atoms with van der Waals surface area (Å²) in [6.45, 7) is 3.03. The van der Waals surface area contributed by atoms with Crippen LogP contribution in [0.15, 0.2) is 0 Å². The van der Waals surface area contributed by atoms with Crippen molar-refractivity contribution in [3.8, 4) is 0 Å². The van der Waals surface area contributed by atoms with Gasteiger partial charge in [0.15, 0.2) is 0 Å². The van der Waals surface area contributed by atoms with E-state index in [0.29, 0.717) is 0 Å². The summed E-state index contributed by atoms with van der Waals surface area (Å²) < 4.78 is 16.6. The Bertz CT molecular complexity index is 215. The number of hydrogen-bond donors (Lipinski definition) is 2. The summed E-state index contributed by atoms with van der Waals surface area (Å²) in [7, 11) is 4.92. The van der Waals surface area contributed by atoms with Crippen molar-refractivity contribution in [3.63, 3.8) is 0 Å². The molecule has 21 heavy (non-hydrogen) atoms. The molecule has 0 aliphatic carbocycles. The molecular formula is C16H36N2O3. The lowest BCUT2D eigenvalue weighted by Crippen LogP contribution is -2.44. The van der Waals surface area contributed by atoms with Gasteiger partial charge in [-0.3, -0.25) is 11.3 Å². The maximum absolute atomic E-state index is 5.53. The molecule has 0 aliphatic heterocycles. The number of unbranched alkanes of at least 4 members (excludes halogenated alkanes) is 5. The van der Waals surface area contributed by atoms with Crippen LogP contribution in [-0.2, 0) is 14.2 Å². The number of hydrazine groups is 1. The minimum atomic E-state index is -0.933. The minimum Gasteiger partial charge on any atom is -0.331 e. The SMILES string of the molecule is CCCCCCCCC(CCCNN)C(OC)(OC)OC. The molecule has 1 unspecified atom stereocenters. The highest BCUT2D eigenvalue weighted by Gasteiger charge is 2.39. The maximum atomic E-state index is 5.53. The monoisotopic (exact) mass is 304 g/mol. The van der Waals surface area contributed by atoms with E-state index in [0.717, 1.165) is 25.8 Å². The number of rotatable bonds is 15. The van der Waals surface area contributed by atoms with Gasteiger partial charge < -0.3 is 14.2 Å². The third-order valence-electron chi connectivity index (χ3n) is 4.13. The van der Waals surface area contributed by atoms with E-state index in [1.54, 1.807) is 21.3 Å². The predicted molar refractivity (Wildman–Crippen MR) is 86.7 cm³/mol. The van der Waals surface area contributed by atoms with Crippen LogP contribution in [0.3, 0.4) is 0 Å². The standard InChI is InChI=1S/C16H36N2O3/c1-5-6-7-8-9-10-12-15(13-11-14-18-17)16(19-2,20-3)21-4/h15,18H,5-14,17H2,1-4H3. The van der Waals surface area contributed by atoms with Gasteiger partial charge in [0.2, 0.25) is 0 Å². The van der Waals surface area contributed by atoms with Crippen molar-refractivity contribution in [2.75, 3.05) is 27.9 Å². The zero-order chi connectivity index (χ0) is 16.0. The molecule has 0 saturated carbocycles. The summed E-state index contributed by atoms with van der Waals surface area (Å²) in [5.41, 5.74) is 2.70. The van der Waals surface area contributed by atoms with Crippen LogP contribution in [0.2, 0.25) is 0 Å². The zero-order valence-corrected chi connectivity index (χ0v) is 14.5. The Labute approximate surface area is 130 Å². The van der Waals surface area contributed by atoms with Crippen LogP contribution in [0.25, 0.3) is 0 Å². The molecule has 5 heteroatoms. The van der Waals surface area contributed by atoms with E-state index in [9.17, 15) is 0 Å². The summed E-state index contributed by atoms with van der Waals surface area (Å²) in [4.78, 5) is 0. The van der Waals surface area contributed by atoms with Crippen molar-refractivity contribution in [2.24, 2.45) is 11.8 Å². The zero-order valence-electron chi connectivity index (χ0n) is 14.5. The largest absolute Gasteiger partial charge is 0.331 e. The molecule has 0 saturated heterocycles. The molecule has 0 aliphatic rings. The molecule has 0 fully saturated rings. The van der Waals surface area contributed by atoms with Crippen LogP contribution >= 0.6 is 0 Å². The number of nitrogens with one attached hydrogen (secondary N) is 1. The van der Waals surface area contributed by atoms with E-state index >= 15 is 0 Å². The van der Waals surface area contributed by atoms with Crippen LogP contribution < -0.4 is 11.3 Å². The Morgan fingerprint density at radius 3 is 1.90 bits per heavy atom. The van der Waals surface area contributed by atoms with Crippen molar-refractivity contribution in [3.05, 3.63) is 0 Å². The van der Waals surface area contributed by atoms with E-state index < -0.39 is 5.97 Å². The molecule has 5 nitrogen and oxygen atoms in total. The second kappa shape index (κ2) is 13.5.